The van der Waals surface area contributed by atoms with Crippen molar-refractivity contribution in [3.05, 3.63) is 0 Å². The summed E-state index contributed by atoms with van der Waals surface area (Å²) in [6.07, 6.45) is 3.11. The summed E-state index contributed by atoms with van der Waals surface area (Å²) in [4.78, 5) is 0. The summed E-state index contributed by atoms with van der Waals surface area (Å²) in [5, 5.41) is 18.6. The van der Waals surface area contributed by atoms with Gasteiger partial charge in [0.25, 0.3) is 0 Å². The van der Waals surface area contributed by atoms with Crippen molar-refractivity contribution in [1.82, 2.24) is 0 Å². The van der Waals surface area contributed by atoms with Gasteiger partial charge in [0.15, 0.2) is 0 Å². The highest BCUT2D eigenvalue weighted by atomic mass is 16.3. The quantitative estimate of drug-likeness (QED) is 0.506. The molecular weight excluding hydrogens is 116 g/mol. The van der Waals surface area contributed by atoms with Crippen LogP contribution in [0, 0.1) is 0 Å². The second-order valence-electron chi connectivity index (χ2n) is 3.12. The Kier molecular flexibility index (Phi) is 1.78. The lowest BCUT2D eigenvalue weighted by Gasteiger charge is -2.33. The third-order valence-corrected chi connectivity index (χ3v) is 2.13. The molecular formula is C7H14O2. The van der Waals surface area contributed by atoms with Crippen LogP contribution in [0.25, 0.3) is 0 Å². The Hall–Kier alpha value is -0.0800. The van der Waals surface area contributed by atoms with Gasteiger partial charge in [-0.05, 0) is 19.8 Å². The van der Waals surface area contributed by atoms with Gasteiger partial charge in [-0.25, -0.2) is 0 Å². The van der Waals surface area contributed by atoms with E-state index in [4.69, 9.17) is 0 Å². The fraction of sp³-hybridized carbons (Fsp3) is 1.00. The van der Waals surface area contributed by atoms with E-state index >= 15 is 0 Å². The largest absolute Gasteiger partial charge is 0.390 e. The first-order chi connectivity index (χ1) is 4.13. The maximum Gasteiger partial charge on any atom is 0.0877 e. The summed E-state index contributed by atoms with van der Waals surface area (Å²) in [5.41, 5.74) is -0.807. The maximum atomic E-state index is 9.39. The Balaban J connectivity index is 2.49. The van der Waals surface area contributed by atoms with Gasteiger partial charge in [-0.1, -0.05) is 12.8 Å². The predicted octanol–water partition coefficient (Wildman–Crippen LogP) is 0.672. The molecule has 2 atom stereocenters. The molecule has 0 saturated heterocycles. The smallest absolute Gasteiger partial charge is 0.0877 e. The van der Waals surface area contributed by atoms with E-state index in [1.807, 2.05) is 0 Å². The lowest BCUT2D eigenvalue weighted by molar-refractivity contribution is -0.0863. The van der Waals surface area contributed by atoms with Crippen molar-refractivity contribution in [2.75, 3.05) is 0 Å². The summed E-state index contributed by atoms with van der Waals surface area (Å²) in [6.45, 7) is 1.71. The van der Waals surface area contributed by atoms with Crippen molar-refractivity contribution in [2.45, 2.75) is 44.3 Å². The van der Waals surface area contributed by atoms with Crippen LogP contribution in [0.15, 0.2) is 0 Å². The molecule has 2 N–H and O–H groups in total. The highest BCUT2D eigenvalue weighted by molar-refractivity contribution is 4.85. The Morgan fingerprint density at radius 1 is 1.44 bits per heavy atom. The van der Waals surface area contributed by atoms with Crippen molar-refractivity contribution >= 4 is 0 Å². The van der Waals surface area contributed by atoms with Gasteiger partial charge in [0, 0.05) is 0 Å². The number of rotatable bonds is 0. The van der Waals surface area contributed by atoms with Crippen molar-refractivity contribution in [1.29, 1.82) is 0 Å². The van der Waals surface area contributed by atoms with Gasteiger partial charge in [0.05, 0.1) is 11.7 Å². The summed E-state index contributed by atoms with van der Waals surface area (Å²) in [5.74, 6) is 0. The molecule has 0 aliphatic heterocycles. The van der Waals surface area contributed by atoms with Crippen LogP contribution in [0.1, 0.15) is 32.6 Å². The molecule has 0 aromatic carbocycles. The standard InChI is InChI=1S/C7H14O2/c1-7(9)5-3-2-4-6(7)8/h6,8-9H,2-5H2,1H3/t6-,7+/m0/s1. The Bertz CT molecular complexity index is 99.1. The molecule has 1 saturated carbocycles. The maximum absolute atomic E-state index is 9.39. The van der Waals surface area contributed by atoms with Gasteiger partial charge >= 0.3 is 0 Å². The molecule has 0 unspecified atom stereocenters. The van der Waals surface area contributed by atoms with Gasteiger partial charge in [-0.2, -0.15) is 0 Å². The van der Waals surface area contributed by atoms with Crippen molar-refractivity contribution in [3.63, 3.8) is 0 Å². The molecule has 54 valence electrons. The van der Waals surface area contributed by atoms with E-state index in [1.165, 1.54) is 0 Å². The normalized spacial score (nSPS) is 45.0. The van der Waals surface area contributed by atoms with E-state index in [0.29, 0.717) is 0 Å². The molecule has 0 amide bonds. The first-order valence-corrected chi connectivity index (χ1v) is 3.53. The van der Waals surface area contributed by atoms with Gasteiger partial charge in [-0.15, -0.1) is 0 Å². The Labute approximate surface area is 55.5 Å². The summed E-state index contributed by atoms with van der Waals surface area (Å²) in [7, 11) is 0. The molecule has 1 fully saturated rings. The van der Waals surface area contributed by atoms with Crippen molar-refractivity contribution < 1.29 is 10.2 Å². The molecule has 0 heterocycles. The highest BCUT2D eigenvalue weighted by Crippen LogP contribution is 2.27. The van der Waals surface area contributed by atoms with E-state index in [9.17, 15) is 10.2 Å². The zero-order valence-corrected chi connectivity index (χ0v) is 5.80. The lowest BCUT2D eigenvalue weighted by Crippen LogP contribution is -2.41. The topological polar surface area (TPSA) is 40.5 Å². The molecule has 0 bridgehead atoms. The van der Waals surface area contributed by atoms with Gasteiger partial charge in [0.2, 0.25) is 0 Å². The van der Waals surface area contributed by atoms with Gasteiger partial charge in [0.1, 0.15) is 0 Å². The average Bonchev–Trinajstić information content (AvgIpc) is 1.77. The van der Waals surface area contributed by atoms with Crippen LogP contribution in [-0.4, -0.2) is 21.9 Å². The molecule has 0 aromatic heterocycles. The fourth-order valence-electron chi connectivity index (χ4n) is 1.30. The van der Waals surface area contributed by atoms with Crippen molar-refractivity contribution in [3.8, 4) is 0 Å². The van der Waals surface area contributed by atoms with Gasteiger partial charge < -0.3 is 10.2 Å². The minimum Gasteiger partial charge on any atom is -0.390 e. The van der Waals surface area contributed by atoms with Crippen LogP contribution in [0.2, 0.25) is 0 Å². The number of aliphatic hydroxyl groups is 2. The summed E-state index contributed by atoms with van der Waals surface area (Å²) < 4.78 is 0. The number of hydrogen-bond acceptors (Lipinski definition) is 2. The number of aliphatic hydroxyl groups excluding tert-OH is 1. The Morgan fingerprint density at radius 2 is 2.11 bits per heavy atom. The van der Waals surface area contributed by atoms with Gasteiger partial charge in [-0.3, -0.25) is 0 Å². The van der Waals surface area contributed by atoms with E-state index < -0.39 is 11.7 Å². The molecule has 1 aliphatic rings. The second kappa shape index (κ2) is 2.27. The Morgan fingerprint density at radius 3 is 2.44 bits per heavy atom. The SMILES string of the molecule is C[C@@]1(O)CCCC[C@@H]1O. The lowest BCUT2D eigenvalue weighted by atomic mass is 9.84. The third kappa shape index (κ3) is 1.43. The summed E-state index contributed by atoms with van der Waals surface area (Å²) in [6, 6.07) is 0. The van der Waals surface area contributed by atoms with Crippen LogP contribution in [0.3, 0.4) is 0 Å². The average molecular weight is 130 g/mol. The van der Waals surface area contributed by atoms with Crippen LogP contribution in [0.4, 0.5) is 0 Å². The predicted molar refractivity (Wildman–Crippen MR) is 35.1 cm³/mol. The zero-order chi connectivity index (χ0) is 6.91. The van der Waals surface area contributed by atoms with E-state index in [1.54, 1.807) is 6.92 Å². The first kappa shape index (κ1) is 7.03. The molecule has 0 spiro atoms. The highest BCUT2D eigenvalue weighted by Gasteiger charge is 2.32. The molecule has 1 aliphatic carbocycles. The van der Waals surface area contributed by atoms with Crippen LogP contribution in [-0.2, 0) is 0 Å². The van der Waals surface area contributed by atoms with Crippen LogP contribution < -0.4 is 0 Å². The van der Waals surface area contributed by atoms with Crippen molar-refractivity contribution in [2.24, 2.45) is 0 Å². The number of hydrogen-bond donors (Lipinski definition) is 2. The molecule has 0 radical (unpaired) electrons. The van der Waals surface area contributed by atoms with E-state index in [2.05, 4.69) is 0 Å². The molecule has 2 nitrogen and oxygen atoms in total. The van der Waals surface area contributed by atoms with E-state index in [0.717, 1.165) is 25.7 Å². The molecule has 0 aromatic rings. The van der Waals surface area contributed by atoms with E-state index in [-0.39, 0.29) is 0 Å². The monoisotopic (exact) mass is 130 g/mol. The zero-order valence-electron chi connectivity index (χ0n) is 5.80. The minimum atomic E-state index is -0.807. The molecule has 1 rings (SSSR count). The second-order valence-corrected chi connectivity index (χ2v) is 3.12. The minimum absolute atomic E-state index is 0.494. The van der Waals surface area contributed by atoms with Crippen LogP contribution >= 0.6 is 0 Å². The molecule has 9 heavy (non-hydrogen) atoms. The molecule has 2 heteroatoms. The third-order valence-electron chi connectivity index (χ3n) is 2.13. The summed E-state index contributed by atoms with van der Waals surface area (Å²) >= 11 is 0. The fourth-order valence-corrected chi connectivity index (χ4v) is 1.30. The first-order valence-electron chi connectivity index (χ1n) is 3.53. The van der Waals surface area contributed by atoms with Crippen LogP contribution in [0.5, 0.6) is 0 Å².